The summed E-state index contributed by atoms with van der Waals surface area (Å²) < 4.78 is 28.3. The number of nitrogens with zero attached hydrogens (tertiary/aromatic N) is 1. The molecular weight excluding hydrogens is 450 g/mol. The van der Waals surface area contributed by atoms with E-state index in [0.29, 0.717) is 5.56 Å². The Labute approximate surface area is 188 Å². The smallest absolute Gasteiger partial charge is 0.262 e. The van der Waals surface area contributed by atoms with Crippen molar-refractivity contribution in [3.8, 4) is 5.75 Å². The predicted molar refractivity (Wildman–Crippen MR) is 121 cm³/mol. The van der Waals surface area contributed by atoms with Gasteiger partial charge in [-0.2, -0.15) is 4.31 Å². The maximum absolute atomic E-state index is 13.6. The van der Waals surface area contributed by atoms with Gasteiger partial charge in [0.05, 0.1) is 4.90 Å². The van der Waals surface area contributed by atoms with Gasteiger partial charge < -0.3 is 10.1 Å². The molecule has 166 valence electrons. The third-order valence-corrected chi connectivity index (χ3v) is 7.90. The van der Waals surface area contributed by atoms with Crippen LogP contribution in [0.15, 0.2) is 77.1 Å². The predicted octanol–water partition coefficient (Wildman–Crippen LogP) is 3.24. The van der Waals surface area contributed by atoms with Crippen molar-refractivity contribution in [2.24, 2.45) is 0 Å². The molecule has 0 aliphatic carbocycles. The molecule has 1 atom stereocenters. The first-order valence-electron chi connectivity index (χ1n) is 9.72. The number of carbonyl (C=O) groups is 1. The van der Waals surface area contributed by atoms with E-state index in [0.717, 1.165) is 20.1 Å². The third-order valence-electron chi connectivity index (χ3n) is 5.13. The van der Waals surface area contributed by atoms with Gasteiger partial charge in [-0.15, -0.1) is 11.3 Å². The number of aromatic amines is 1. The monoisotopic (exact) mass is 471 g/mol. The Hall–Kier alpha value is -3.18. The van der Waals surface area contributed by atoms with Crippen LogP contribution in [0.5, 0.6) is 5.75 Å². The summed E-state index contributed by atoms with van der Waals surface area (Å²) in [5.41, 5.74) is 3.21. The number of H-pyrrole nitrogens is 1. The number of hydrogen-bond donors (Lipinski definition) is 4. The van der Waals surface area contributed by atoms with E-state index in [1.54, 1.807) is 23.8 Å². The second-order valence-corrected chi connectivity index (χ2v) is 10.1. The van der Waals surface area contributed by atoms with E-state index in [9.17, 15) is 23.5 Å². The van der Waals surface area contributed by atoms with Crippen LogP contribution in [0.1, 0.15) is 10.4 Å². The van der Waals surface area contributed by atoms with Crippen molar-refractivity contribution >= 4 is 38.2 Å². The van der Waals surface area contributed by atoms with Crippen LogP contribution in [0.25, 0.3) is 10.9 Å². The molecule has 4 aromatic rings. The molecule has 0 saturated heterocycles. The summed E-state index contributed by atoms with van der Waals surface area (Å²) in [6, 6.07) is 14.9. The number of aromatic hydroxyl groups is 1. The molecule has 2 heterocycles. The van der Waals surface area contributed by atoms with Crippen molar-refractivity contribution < 1.29 is 23.5 Å². The highest BCUT2D eigenvalue weighted by Gasteiger charge is 2.36. The molecule has 0 saturated carbocycles. The van der Waals surface area contributed by atoms with E-state index in [2.05, 4.69) is 4.98 Å². The van der Waals surface area contributed by atoms with Crippen LogP contribution >= 0.6 is 11.3 Å². The summed E-state index contributed by atoms with van der Waals surface area (Å²) in [6.07, 6.45) is 1.88. The largest absolute Gasteiger partial charge is 0.508 e. The van der Waals surface area contributed by atoms with Crippen molar-refractivity contribution in [1.29, 1.82) is 0 Å². The minimum Gasteiger partial charge on any atom is -0.508 e. The van der Waals surface area contributed by atoms with Gasteiger partial charge in [0.1, 0.15) is 11.8 Å². The summed E-state index contributed by atoms with van der Waals surface area (Å²) in [5, 5.41) is 21.7. The highest BCUT2D eigenvalue weighted by molar-refractivity contribution is 7.89. The van der Waals surface area contributed by atoms with Crippen molar-refractivity contribution in [2.75, 3.05) is 0 Å². The minimum absolute atomic E-state index is 0.0695. The van der Waals surface area contributed by atoms with Crippen LogP contribution in [-0.4, -0.2) is 40.0 Å². The first kappa shape index (κ1) is 22.0. The normalized spacial score (nSPS) is 12.8. The average Bonchev–Trinajstić information content (AvgIpc) is 3.47. The molecule has 0 aliphatic rings. The lowest BCUT2D eigenvalue weighted by Gasteiger charge is -2.29. The summed E-state index contributed by atoms with van der Waals surface area (Å²) in [7, 11) is -4.17. The number of carbonyl (C=O) groups excluding carboxylic acids is 1. The first-order chi connectivity index (χ1) is 15.4. The van der Waals surface area contributed by atoms with E-state index < -0.39 is 22.0 Å². The van der Waals surface area contributed by atoms with Gasteiger partial charge in [-0.05, 0) is 64.9 Å². The number of hydroxylamine groups is 1. The maximum atomic E-state index is 13.6. The number of hydrogen-bond acceptors (Lipinski definition) is 6. The number of phenolic OH excluding ortho intramolecular Hbond substituents is 1. The Balaban J connectivity index is 1.79. The number of nitrogens with one attached hydrogen (secondary N) is 2. The van der Waals surface area contributed by atoms with Gasteiger partial charge in [-0.1, -0.05) is 12.1 Å². The second kappa shape index (κ2) is 9.13. The quantitative estimate of drug-likeness (QED) is 0.232. The van der Waals surface area contributed by atoms with Crippen LogP contribution in [0.3, 0.4) is 0 Å². The van der Waals surface area contributed by atoms with Gasteiger partial charge in [0.25, 0.3) is 5.91 Å². The minimum atomic E-state index is -4.17. The van der Waals surface area contributed by atoms with Gasteiger partial charge in [0, 0.05) is 29.6 Å². The van der Waals surface area contributed by atoms with E-state index in [1.807, 2.05) is 29.6 Å². The molecule has 1 amide bonds. The number of benzene rings is 2. The van der Waals surface area contributed by atoms with Gasteiger partial charge in [-0.25, -0.2) is 13.9 Å². The molecule has 0 spiro atoms. The summed E-state index contributed by atoms with van der Waals surface area (Å²) >= 11 is 1.39. The number of thiophene rings is 1. The average molecular weight is 472 g/mol. The van der Waals surface area contributed by atoms with Crippen LogP contribution in [0.4, 0.5) is 0 Å². The third kappa shape index (κ3) is 4.53. The molecule has 0 radical (unpaired) electrons. The van der Waals surface area contributed by atoms with Crippen LogP contribution in [-0.2, 0) is 27.8 Å². The Bertz CT molecular complexity index is 1320. The molecule has 0 unspecified atom stereocenters. The molecule has 0 fully saturated rings. The molecule has 4 N–H and O–H groups in total. The fourth-order valence-electron chi connectivity index (χ4n) is 3.52. The van der Waals surface area contributed by atoms with E-state index >= 15 is 0 Å². The van der Waals surface area contributed by atoms with Crippen molar-refractivity contribution in [3.63, 3.8) is 0 Å². The lowest BCUT2D eigenvalue weighted by atomic mass is 10.1. The van der Waals surface area contributed by atoms with Gasteiger partial charge >= 0.3 is 0 Å². The Morgan fingerprint density at radius 2 is 1.91 bits per heavy atom. The highest BCUT2D eigenvalue weighted by Crippen LogP contribution is 2.27. The van der Waals surface area contributed by atoms with Crippen molar-refractivity contribution in [2.45, 2.75) is 23.9 Å². The van der Waals surface area contributed by atoms with Crippen LogP contribution in [0, 0.1) is 0 Å². The van der Waals surface area contributed by atoms with Gasteiger partial charge in [0.15, 0.2) is 0 Å². The van der Waals surface area contributed by atoms with Gasteiger partial charge in [0.2, 0.25) is 10.0 Å². The lowest BCUT2D eigenvalue weighted by molar-refractivity contribution is -0.133. The summed E-state index contributed by atoms with van der Waals surface area (Å²) in [5.74, 6) is -0.903. The number of amides is 1. The zero-order chi connectivity index (χ0) is 22.7. The second-order valence-electron chi connectivity index (χ2n) is 7.22. The molecule has 8 nitrogen and oxygen atoms in total. The topological polar surface area (TPSA) is 123 Å². The number of rotatable bonds is 8. The molecule has 32 heavy (non-hydrogen) atoms. The zero-order valence-corrected chi connectivity index (χ0v) is 18.4. The number of phenols is 1. The van der Waals surface area contributed by atoms with E-state index in [4.69, 9.17) is 0 Å². The summed E-state index contributed by atoms with van der Waals surface area (Å²) in [4.78, 5) is 16.5. The summed E-state index contributed by atoms with van der Waals surface area (Å²) in [6.45, 7) is -0.0895. The lowest BCUT2D eigenvalue weighted by Crippen LogP contribution is -2.49. The highest BCUT2D eigenvalue weighted by atomic mass is 32.2. The van der Waals surface area contributed by atoms with E-state index in [-0.39, 0.29) is 23.6 Å². The standard InChI is InChI=1S/C22H21N3O5S2/c26-17-4-6-19(7-5-17)32(29,30)25(14-15-3-8-20-16(12-15)9-10-23-20)21(22(27)24-28)13-18-2-1-11-31-18/h1-12,21,23,26,28H,13-14H2,(H,24,27)/t21-/m1/s1. The molecular formula is C22H21N3O5S2. The number of fused-ring (bicyclic) bond motifs is 1. The van der Waals surface area contributed by atoms with Gasteiger partial charge in [-0.3, -0.25) is 10.0 Å². The van der Waals surface area contributed by atoms with Crippen LogP contribution in [0.2, 0.25) is 0 Å². The Kier molecular flexibility index (Phi) is 6.28. The molecule has 2 aromatic heterocycles. The van der Waals surface area contributed by atoms with Crippen LogP contribution < -0.4 is 5.48 Å². The molecule has 2 aromatic carbocycles. The first-order valence-corrected chi connectivity index (χ1v) is 12.0. The Morgan fingerprint density at radius 3 is 2.59 bits per heavy atom. The fraction of sp³-hybridized carbons (Fsp3) is 0.136. The van der Waals surface area contributed by atoms with Crippen molar-refractivity contribution in [1.82, 2.24) is 14.8 Å². The Morgan fingerprint density at radius 1 is 1.12 bits per heavy atom. The fourth-order valence-corrected chi connectivity index (χ4v) is 5.83. The number of sulfonamides is 1. The van der Waals surface area contributed by atoms with E-state index in [1.165, 1.54) is 35.6 Å². The number of aromatic nitrogens is 1. The molecule has 10 heteroatoms. The maximum Gasteiger partial charge on any atom is 0.262 e. The zero-order valence-electron chi connectivity index (χ0n) is 16.8. The molecule has 0 bridgehead atoms. The SMILES string of the molecule is O=C(NO)[C@@H](Cc1cccs1)N(Cc1ccc2[nH]ccc2c1)S(=O)(=O)c1ccc(O)cc1. The van der Waals surface area contributed by atoms with Crippen molar-refractivity contribution in [3.05, 3.63) is 82.7 Å². The molecule has 0 aliphatic heterocycles. The molecule has 4 rings (SSSR count).